The van der Waals surface area contributed by atoms with Crippen molar-refractivity contribution in [1.29, 1.82) is 0 Å². The third kappa shape index (κ3) is 4.26. The Morgan fingerprint density at radius 2 is 2.36 bits per heavy atom. The summed E-state index contributed by atoms with van der Waals surface area (Å²) in [5, 5.41) is 1.94. The number of hydrogen-bond donors (Lipinski definition) is 0. The highest BCUT2D eigenvalue weighted by atomic mass is 32.2. The molecule has 1 heterocycles. The largest absolute Gasteiger partial charge is 0.309 e. The van der Waals surface area contributed by atoms with Crippen LogP contribution in [0.25, 0.3) is 0 Å². The quantitative estimate of drug-likeness (QED) is 0.551. The van der Waals surface area contributed by atoms with Gasteiger partial charge in [-0.25, -0.2) is 0 Å². The second-order valence-electron chi connectivity index (χ2n) is 3.26. The predicted octanol–water partition coefficient (Wildman–Crippen LogP) is 2.23. The van der Waals surface area contributed by atoms with Crippen LogP contribution in [0.15, 0.2) is 17.5 Å². The number of thiophene rings is 1. The van der Waals surface area contributed by atoms with Crippen LogP contribution >= 0.6 is 23.1 Å². The topological polar surface area (TPSA) is 20.3 Å². The lowest BCUT2D eigenvalue weighted by atomic mass is 10.4. The SMILES string of the molecule is CN(C)CCSCC(=O)c1cccs1. The molecule has 0 fully saturated rings. The molecule has 0 bridgehead atoms. The van der Waals surface area contributed by atoms with Crippen LogP contribution in [0.5, 0.6) is 0 Å². The lowest BCUT2D eigenvalue weighted by molar-refractivity contribution is 0.102. The van der Waals surface area contributed by atoms with Gasteiger partial charge in [-0.3, -0.25) is 4.79 Å². The Morgan fingerprint density at radius 3 is 2.93 bits per heavy atom. The maximum Gasteiger partial charge on any atom is 0.182 e. The third-order valence-corrected chi connectivity index (χ3v) is 3.56. The van der Waals surface area contributed by atoms with E-state index >= 15 is 0 Å². The molecule has 2 nitrogen and oxygen atoms in total. The molecule has 0 aliphatic rings. The van der Waals surface area contributed by atoms with Gasteiger partial charge in [-0.05, 0) is 25.5 Å². The van der Waals surface area contributed by atoms with Crippen LogP contribution < -0.4 is 0 Å². The molecule has 1 aromatic rings. The molecule has 0 spiro atoms. The fourth-order valence-corrected chi connectivity index (χ4v) is 2.66. The minimum absolute atomic E-state index is 0.253. The summed E-state index contributed by atoms with van der Waals surface area (Å²) in [6, 6.07) is 3.81. The molecule has 0 aliphatic carbocycles. The Labute approximate surface area is 93.3 Å². The van der Waals surface area contributed by atoms with Gasteiger partial charge in [-0.15, -0.1) is 11.3 Å². The zero-order valence-corrected chi connectivity index (χ0v) is 10.2. The molecule has 0 aromatic carbocycles. The van der Waals surface area contributed by atoms with Gasteiger partial charge in [0.25, 0.3) is 0 Å². The van der Waals surface area contributed by atoms with E-state index in [-0.39, 0.29) is 5.78 Å². The highest BCUT2D eigenvalue weighted by Crippen LogP contribution is 2.12. The van der Waals surface area contributed by atoms with Gasteiger partial charge in [0.1, 0.15) is 0 Å². The summed E-state index contributed by atoms with van der Waals surface area (Å²) in [5.74, 6) is 1.88. The summed E-state index contributed by atoms with van der Waals surface area (Å²) in [6.07, 6.45) is 0. The molecule has 4 heteroatoms. The summed E-state index contributed by atoms with van der Waals surface area (Å²) in [4.78, 5) is 14.5. The zero-order chi connectivity index (χ0) is 10.4. The smallest absolute Gasteiger partial charge is 0.182 e. The van der Waals surface area contributed by atoms with Gasteiger partial charge in [0.2, 0.25) is 0 Å². The van der Waals surface area contributed by atoms with Crippen molar-refractivity contribution < 1.29 is 4.79 Å². The van der Waals surface area contributed by atoms with Crippen molar-refractivity contribution in [2.24, 2.45) is 0 Å². The Morgan fingerprint density at radius 1 is 1.57 bits per heavy atom. The van der Waals surface area contributed by atoms with Crippen LogP contribution in [0.4, 0.5) is 0 Å². The molecule has 0 saturated heterocycles. The number of Topliss-reactive ketones (excluding diaryl/α,β-unsaturated/α-hetero) is 1. The first kappa shape index (κ1) is 11.8. The highest BCUT2D eigenvalue weighted by molar-refractivity contribution is 8.00. The Balaban J connectivity index is 2.16. The minimum Gasteiger partial charge on any atom is -0.309 e. The van der Waals surface area contributed by atoms with Crippen LogP contribution in [0, 0.1) is 0 Å². The van der Waals surface area contributed by atoms with E-state index in [2.05, 4.69) is 4.90 Å². The molecule has 0 amide bonds. The first-order chi connectivity index (χ1) is 6.70. The minimum atomic E-state index is 0.253. The van der Waals surface area contributed by atoms with E-state index in [0.717, 1.165) is 17.2 Å². The summed E-state index contributed by atoms with van der Waals surface area (Å²) in [5.41, 5.74) is 0. The van der Waals surface area contributed by atoms with Crippen molar-refractivity contribution in [2.45, 2.75) is 0 Å². The summed E-state index contributed by atoms with van der Waals surface area (Å²) < 4.78 is 0. The first-order valence-electron chi connectivity index (χ1n) is 4.49. The molecular formula is C10H15NOS2. The van der Waals surface area contributed by atoms with Gasteiger partial charge in [0, 0.05) is 12.3 Å². The summed E-state index contributed by atoms with van der Waals surface area (Å²) in [7, 11) is 4.09. The van der Waals surface area contributed by atoms with Gasteiger partial charge in [-0.2, -0.15) is 11.8 Å². The fourth-order valence-electron chi connectivity index (χ4n) is 0.920. The number of nitrogens with zero attached hydrogens (tertiary/aromatic N) is 1. The zero-order valence-electron chi connectivity index (χ0n) is 8.53. The number of carbonyl (C=O) groups excluding carboxylic acids is 1. The van der Waals surface area contributed by atoms with Crippen molar-refractivity contribution in [1.82, 2.24) is 4.90 Å². The Hall–Kier alpha value is -0.320. The van der Waals surface area contributed by atoms with Crippen LogP contribution in [0.1, 0.15) is 9.67 Å². The van der Waals surface area contributed by atoms with E-state index in [0.29, 0.717) is 5.75 Å². The van der Waals surface area contributed by atoms with Crippen LogP contribution in [0.3, 0.4) is 0 Å². The molecule has 0 atom stereocenters. The van der Waals surface area contributed by atoms with Crippen molar-refractivity contribution in [3.63, 3.8) is 0 Å². The predicted molar refractivity (Wildman–Crippen MR) is 64.5 cm³/mol. The van der Waals surface area contributed by atoms with Crippen LogP contribution in [-0.2, 0) is 0 Å². The fraction of sp³-hybridized carbons (Fsp3) is 0.500. The summed E-state index contributed by atoms with van der Waals surface area (Å²) in [6.45, 7) is 1.03. The standard InChI is InChI=1S/C10H15NOS2/c1-11(2)5-7-13-8-9(12)10-4-3-6-14-10/h3-4,6H,5,7-8H2,1-2H3. The van der Waals surface area contributed by atoms with Crippen molar-refractivity contribution in [3.8, 4) is 0 Å². The molecule has 0 aliphatic heterocycles. The van der Waals surface area contributed by atoms with Gasteiger partial charge in [0.05, 0.1) is 10.6 Å². The third-order valence-electron chi connectivity index (χ3n) is 1.71. The average Bonchev–Trinajstić information content (AvgIpc) is 2.64. The van der Waals surface area contributed by atoms with Gasteiger partial charge >= 0.3 is 0 Å². The molecule has 14 heavy (non-hydrogen) atoms. The van der Waals surface area contributed by atoms with Gasteiger partial charge < -0.3 is 4.90 Å². The molecule has 78 valence electrons. The monoisotopic (exact) mass is 229 g/mol. The second-order valence-corrected chi connectivity index (χ2v) is 5.31. The lowest BCUT2D eigenvalue weighted by Crippen LogP contribution is -2.15. The van der Waals surface area contributed by atoms with E-state index < -0.39 is 0 Å². The number of thioether (sulfide) groups is 1. The molecule has 0 N–H and O–H groups in total. The van der Waals surface area contributed by atoms with Crippen molar-refractivity contribution in [2.75, 3.05) is 32.1 Å². The molecule has 1 aromatic heterocycles. The summed E-state index contributed by atoms with van der Waals surface area (Å²) >= 11 is 3.23. The lowest BCUT2D eigenvalue weighted by Gasteiger charge is -2.07. The van der Waals surface area contributed by atoms with Gasteiger partial charge in [0.15, 0.2) is 5.78 Å². The van der Waals surface area contributed by atoms with Crippen LogP contribution in [-0.4, -0.2) is 42.8 Å². The molecule has 0 unspecified atom stereocenters. The molecule has 1 rings (SSSR count). The van der Waals surface area contributed by atoms with Gasteiger partial charge in [-0.1, -0.05) is 6.07 Å². The maximum atomic E-state index is 11.5. The van der Waals surface area contributed by atoms with E-state index in [9.17, 15) is 4.79 Å². The number of rotatable bonds is 6. The first-order valence-corrected chi connectivity index (χ1v) is 6.53. The molecule has 0 radical (unpaired) electrons. The molecular weight excluding hydrogens is 214 g/mol. The van der Waals surface area contributed by atoms with E-state index in [1.54, 1.807) is 11.8 Å². The van der Waals surface area contributed by atoms with E-state index in [1.165, 1.54) is 11.3 Å². The average molecular weight is 229 g/mol. The van der Waals surface area contributed by atoms with E-state index in [1.807, 2.05) is 31.6 Å². The Bertz CT molecular complexity index is 270. The number of carbonyl (C=O) groups is 1. The van der Waals surface area contributed by atoms with E-state index in [4.69, 9.17) is 0 Å². The van der Waals surface area contributed by atoms with Crippen LogP contribution in [0.2, 0.25) is 0 Å². The highest BCUT2D eigenvalue weighted by Gasteiger charge is 2.05. The normalized spacial score (nSPS) is 10.8. The maximum absolute atomic E-state index is 11.5. The second kappa shape index (κ2) is 6.22. The van der Waals surface area contributed by atoms with Crippen molar-refractivity contribution in [3.05, 3.63) is 22.4 Å². The van der Waals surface area contributed by atoms with Crippen molar-refractivity contribution >= 4 is 28.9 Å². The molecule has 0 saturated carbocycles. The number of hydrogen-bond acceptors (Lipinski definition) is 4. The Kier molecular flexibility index (Phi) is 5.22. The number of ketones is 1.